The van der Waals surface area contributed by atoms with Crippen molar-refractivity contribution >= 4 is 23.0 Å². The van der Waals surface area contributed by atoms with Gasteiger partial charge >= 0.3 is 0 Å². The fraction of sp³-hybridized carbons (Fsp3) is 0.350. The second-order valence-corrected chi connectivity index (χ2v) is 6.84. The van der Waals surface area contributed by atoms with E-state index >= 15 is 0 Å². The molecule has 2 aromatic rings. The lowest BCUT2D eigenvalue weighted by atomic mass is 10.2. The monoisotopic (exact) mass is 400 g/mol. The summed E-state index contributed by atoms with van der Waals surface area (Å²) < 4.78 is 5.02. The van der Waals surface area contributed by atoms with Crippen LogP contribution < -0.4 is 15.0 Å². The molecule has 0 bridgehead atoms. The molecule has 9 nitrogen and oxygen atoms in total. The third kappa shape index (κ3) is 4.75. The fourth-order valence-corrected chi connectivity index (χ4v) is 3.33. The number of phenols is 1. The van der Waals surface area contributed by atoms with Gasteiger partial charge in [-0.15, -0.1) is 0 Å². The van der Waals surface area contributed by atoms with Gasteiger partial charge in [0.2, 0.25) is 5.91 Å². The molecule has 154 valence electrons. The topological polar surface area (TPSA) is 108 Å². The van der Waals surface area contributed by atoms with Gasteiger partial charge in [-0.05, 0) is 43.3 Å². The standard InChI is InChI=1S/C20H24N4O5/c1-14(20(26)21-18-8-7-17(29-2)13-19(18)24(27)28)22-9-11-23(12-10-22)15-3-5-16(25)6-4-15/h3-8,13-14,25H,9-12H2,1-2H3,(H,21,26)/t14-/m1/s1. The highest BCUT2D eigenvalue weighted by Crippen LogP contribution is 2.29. The van der Waals surface area contributed by atoms with E-state index in [1.807, 2.05) is 17.0 Å². The number of ether oxygens (including phenoxy) is 1. The van der Waals surface area contributed by atoms with Crippen molar-refractivity contribution < 1.29 is 19.6 Å². The fourth-order valence-electron chi connectivity index (χ4n) is 3.33. The Morgan fingerprint density at radius 3 is 2.41 bits per heavy atom. The predicted octanol–water partition coefficient (Wildman–Crippen LogP) is 2.46. The molecule has 0 saturated carbocycles. The summed E-state index contributed by atoms with van der Waals surface area (Å²) in [5.41, 5.74) is 0.964. The van der Waals surface area contributed by atoms with Crippen molar-refractivity contribution in [1.29, 1.82) is 0 Å². The van der Waals surface area contributed by atoms with E-state index in [0.29, 0.717) is 18.8 Å². The summed E-state index contributed by atoms with van der Waals surface area (Å²) >= 11 is 0. The van der Waals surface area contributed by atoms with Crippen LogP contribution in [0.5, 0.6) is 11.5 Å². The lowest BCUT2D eigenvalue weighted by molar-refractivity contribution is -0.384. The number of nitro groups is 1. The summed E-state index contributed by atoms with van der Waals surface area (Å²) in [5.74, 6) is 0.287. The molecule has 3 rings (SSSR count). The molecule has 0 radical (unpaired) electrons. The van der Waals surface area contributed by atoms with Crippen molar-refractivity contribution in [3.8, 4) is 11.5 Å². The average molecular weight is 400 g/mol. The van der Waals surface area contributed by atoms with Crippen LogP contribution in [0.3, 0.4) is 0 Å². The van der Waals surface area contributed by atoms with Gasteiger partial charge in [-0.3, -0.25) is 19.8 Å². The first-order valence-electron chi connectivity index (χ1n) is 9.30. The van der Waals surface area contributed by atoms with Crippen LogP contribution in [0.4, 0.5) is 17.1 Å². The van der Waals surface area contributed by atoms with Gasteiger partial charge in [-0.1, -0.05) is 0 Å². The van der Waals surface area contributed by atoms with Crippen molar-refractivity contribution in [1.82, 2.24) is 4.90 Å². The minimum atomic E-state index is -0.542. The zero-order valence-electron chi connectivity index (χ0n) is 16.4. The number of piperazine rings is 1. The normalized spacial score (nSPS) is 15.6. The number of rotatable bonds is 6. The van der Waals surface area contributed by atoms with Crippen LogP contribution in [0.15, 0.2) is 42.5 Å². The molecule has 1 aliphatic heterocycles. The van der Waals surface area contributed by atoms with Crippen LogP contribution in [-0.4, -0.2) is 60.2 Å². The molecule has 9 heteroatoms. The van der Waals surface area contributed by atoms with Crippen molar-refractivity contribution in [3.63, 3.8) is 0 Å². The number of methoxy groups -OCH3 is 1. The zero-order valence-corrected chi connectivity index (χ0v) is 16.4. The summed E-state index contributed by atoms with van der Waals surface area (Å²) in [4.78, 5) is 27.7. The molecule has 29 heavy (non-hydrogen) atoms. The van der Waals surface area contributed by atoms with Gasteiger partial charge in [0, 0.05) is 31.9 Å². The van der Waals surface area contributed by atoms with Crippen molar-refractivity contribution in [2.24, 2.45) is 0 Å². The molecule has 0 aliphatic carbocycles. The number of hydrogen-bond donors (Lipinski definition) is 2. The third-order valence-electron chi connectivity index (χ3n) is 5.12. The maximum atomic E-state index is 12.7. The average Bonchev–Trinajstić information content (AvgIpc) is 2.74. The first-order chi connectivity index (χ1) is 13.9. The number of anilines is 2. The number of amides is 1. The highest BCUT2D eigenvalue weighted by molar-refractivity contribution is 5.96. The van der Waals surface area contributed by atoms with Crippen LogP contribution >= 0.6 is 0 Å². The smallest absolute Gasteiger partial charge is 0.296 e. The minimum Gasteiger partial charge on any atom is -0.508 e. The number of nitro benzene ring substituents is 1. The van der Waals surface area contributed by atoms with Crippen LogP contribution in [0.2, 0.25) is 0 Å². The SMILES string of the molecule is COc1ccc(NC(=O)[C@@H](C)N2CCN(c3ccc(O)cc3)CC2)c([N+](=O)[O-])c1. The number of aromatic hydroxyl groups is 1. The van der Waals surface area contributed by atoms with Gasteiger partial charge in [0.05, 0.1) is 24.1 Å². The Labute approximate surface area is 168 Å². The minimum absolute atomic E-state index is 0.148. The molecule has 1 heterocycles. The van der Waals surface area contributed by atoms with Gasteiger partial charge in [0.1, 0.15) is 17.2 Å². The second kappa shape index (κ2) is 8.78. The third-order valence-corrected chi connectivity index (χ3v) is 5.12. The van der Waals surface area contributed by atoms with E-state index in [1.54, 1.807) is 25.1 Å². The second-order valence-electron chi connectivity index (χ2n) is 6.84. The molecular weight excluding hydrogens is 376 g/mol. The highest BCUT2D eigenvalue weighted by atomic mass is 16.6. The van der Waals surface area contributed by atoms with Crippen LogP contribution in [-0.2, 0) is 4.79 Å². The Morgan fingerprint density at radius 1 is 1.17 bits per heavy atom. The van der Waals surface area contributed by atoms with Crippen LogP contribution in [0.25, 0.3) is 0 Å². The molecule has 1 fully saturated rings. The first-order valence-corrected chi connectivity index (χ1v) is 9.30. The number of nitrogens with zero attached hydrogens (tertiary/aromatic N) is 3. The van der Waals surface area contributed by atoms with Gasteiger partial charge in [-0.2, -0.15) is 0 Å². The number of nitrogens with one attached hydrogen (secondary N) is 1. The number of carbonyl (C=O) groups excluding carboxylic acids is 1. The number of hydrogen-bond acceptors (Lipinski definition) is 7. The molecule has 1 atom stereocenters. The summed E-state index contributed by atoms with van der Waals surface area (Å²) in [7, 11) is 1.43. The van der Waals surface area contributed by atoms with Gasteiger partial charge in [0.25, 0.3) is 5.69 Å². The molecule has 2 N–H and O–H groups in total. The summed E-state index contributed by atoms with van der Waals surface area (Å²) in [6, 6.07) is 10.9. The molecule has 0 unspecified atom stereocenters. The zero-order chi connectivity index (χ0) is 21.0. The van der Waals surface area contributed by atoms with Gasteiger partial charge in [-0.25, -0.2) is 0 Å². The summed E-state index contributed by atoms with van der Waals surface area (Å²) in [6.07, 6.45) is 0. The van der Waals surface area contributed by atoms with E-state index in [2.05, 4.69) is 10.2 Å². The molecule has 2 aromatic carbocycles. The first kappa shape index (κ1) is 20.4. The number of phenolic OH excluding ortho intramolecular Hbond substituents is 1. The maximum Gasteiger partial charge on any atom is 0.296 e. The molecule has 1 saturated heterocycles. The quantitative estimate of drug-likeness (QED) is 0.566. The van der Waals surface area contributed by atoms with Gasteiger partial charge < -0.3 is 20.1 Å². The number of benzene rings is 2. The van der Waals surface area contributed by atoms with Crippen LogP contribution in [0.1, 0.15) is 6.92 Å². The number of carbonyl (C=O) groups is 1. The molecule has 0 spiro atoms. The van der Waals surface area contributed by atoms with E-state index in [9.17, 15) is 20.0 Å². The van der Waals surface area contributed by atoms with E-state index in [-0.39, 0.29) is 23.0 Å². The summed E-state index contributed by atoms with van der Waals surface area (Å²) in [5, 5.41) is 23.4. The predicted molar refractivity (Wildman–Crippen MR) is 110 cm³/mol. The Hall–Kier alpha value is -3.33. The van der Waals surface area contributed by atoms with E-state index in [0.717, 1.165) is 18.8 Å². The molecule has 1 amide bonds. The lowest BCUT2D eigenvalue weighted by Crippen LogP contribution is -2.52. The Bertz CT molecular complexity index is 879. The van der Waals surface area contributed by atoms with Crippen molar-refractivity contribution in [2.45, 2.75) is 13.0 Å². The van der Waals surface area contributed by atoms with Crippen molar-refractivity contribution in [2.75, 3.05) is 43.5 Å². The molecule has 1 aliphatic rings. The Balaban J connectivity index is 1.61. The van der Waals surface area contributed by atoms with E-state index in [4.69, 9.17) is 4.74 Å². The van der Waals surface area contributed by atoms with Gasteiger partial charge in [0.15, 0.2) is 0 Å². The molecule has 0 aromatic heterocycles. The maximum absolute atomic E-state index is 12.7. The highest BCUT2D eigenvalue weighted by Gasteiger charge is 2.27. The largest absolute Gasteiger partial charge is 0.508 e. The van der Waals surface area contributed by atoms with Crippen molar-refractivity contribution in [3.05, 3.63) is 52.6 Å². The van der Waals surface area contributed by atoms with Crippen LogP contribution in [0, 0.1) is 10.1 Å². The Morgan fingerprint density at radius 2 is 1.83 bits per heavy atom. The van der Waals surface area contributed by atoms with E-state index < -0.39 is 11.0 Å². The Kier molecular flexibility index (Phi) is 6.18. The summed E-state index contributed by atoms with van der Waals surface area (Å²) in [6.45, 7) is 4.64. The lowest BCUT2D eigenvalue weighted by Gasteiger charge is -2.38. The van der Waals surface area contributed by atoms with E-state index in [1.165, 1.54) is 19.2 Å². The molecular formula is C20H24N4O5.